The first-order chi connectivity index (χ1) is 8.08. The quantitative estimate of drug-likeness (QED) is 0.189. The average Bonchev–Trinajstić information content (AvgIpc) is 2.45. The molecule has 2 atom stereocenters. The molecule has 3 heteroatoms. The van der Waals surface area contributed by atoms with Crippen LogP contribution in [0.2, 0.25) is 0 Å². The third-order valence-electron chi connectivity index (χ3n) is 1.74. The van der Waals surface area contributed by atoms with Gasteiger partial charge in [-0.05, 0) is 5.92 Å². The van der Waals surface area contributed by atoms with E-state index in [4.69, 9.17) is 10.5 Å². The molecule has 2 N–H and O–H groups in total. The first kappa shape index (κ1) is 43.1. The van der Waals surface area contributed by atoms with Crippen LogP contribution in [0, 0.1) is 18.8 Å². The normalized spacial score (nSPS) is 9.21. The molecule has 0 aliphatic heterocycles. The van der Waals surface area contributed by atoms with Crippen molar-refractivity contribution in [3.05, 3.63) is 19.6 Å². The Kier molecular flexibility index (Phi) is 158. The first-order valence-electron chi connectivity index (χ1n) is 6.74. The van der Waals surface area contributed by atoms with Crippen LogP contribution in [-0.2, 0) is 0 Å². The first-order valence-corrected chi connectivity index (χ1v) is 6.74. The van der Waals surface area contributed by atoms with Crippen molar-refractivity contribution in [2.75, 3.05) is 0 Å². The fourth-order valence-corrected chi connectivity index (χ4v) is 0.167. The molecule has 2 unspecified atom stereocenters. The van der Waals surface area contributed by atoms with E-state index in [2.05, 4.69) is 41.2 Å². The maximum atomic E-state index is 6.00. The smallest absolute Gasteiger partial charge is 0 e. The standard InChI is InChI=1S/C6H12.C5H11.2C2H6.CH4.Cm.H2O2/c1-4-6(3)5-2;1-4-5(2)3;2*1-2;;;1-2/h4,6H,1,5H2,2-3H3;5H,2,4H2,1,3H3;2*1-2H3;1H4;;1-2H/q;-1;;;;;. The summed E-state index contributed by atoms with van der Waals surface area (Å²) in [4.78, 5) is 0. The molecule has 0 radical (unpaired) electrons. The largest absolute Gasteiger partial charge is 0.341 e. The van der Waals surface area contributed by atoms with Gasteiger partial charge in [-0.3, -0.25) is 10.5 Å². The van der Waals surface area contributed by atoms with E-state index in [1.165, 1.54) is 12.8 Å². The fourth-order valence-electron chi connectivity index (χ4n) is 0.167. The van der Waals surface area contributed by atoms with Crippen LogP contribution in [0.15, 0.2) is 12.7 Å². The molecule has 0 spiro atoms. The van der Waals surface area contributed by atoms with Gasteiger partial charge in [-0.1, -0.05) is 81.7 Å². The van der Waals surface area contributed by atoms with Crippen LogP contribution in [-0.4, -0.2) is 10.5 Å². The molecule has 0 amide bonds. The number of allylic oxidation sites excluding steroid dienone is 1. The summed E-state index contributed by atoms with van der Waals surface area (Å²) in [6.07, 6.45) is 4.38. The van der Waals surface area contributed by atoms with Crippen LogP contribution in [0.1, 0.15) is 75.7 Å². The van der Waals surface area contributed by atoms with Crippen LogP contribution in [0.4, 0.5) is 0 Å². The Balaban J connectivity index is -0.0000000203. The average molecular weight is 513 g/mol. The van der Waals surface area contributed by atoms with Gasteiger partial charge in [0.25, 0.3) is 0 Å². The summed E-state index contributed by atoms with van der Waals surface area (Å²) in [6, 6.07) is 0. The maximum absolute atomic E-state index is 6.00. The third kappa shape index (κ3) is 165. The molecule has 0 aliphatic carbocycles. The number of rotatable bonds is 3. The maximum Gasteiger partial charge on any atom is 0 e. The van der Waals surface area contributed by atoms with Gasteiger partial charge >= 0.3 is 0 Å². The van der Waals surface area contributed by atoms with Gasteiger partial charge in [0.05, 0.1) is 0 Å². The molecule has 2 nitrogen and oxygen atoms in total. The SMILES string of the molecule is C.C=CC(C)CC.CC.CC.OO.[CH2-]C(C)CC.[Cm]. The Morgan fingerprint density at radius 1 is 1.00 bits per heavy atom. The predicted octanol–water partition coefficient (Wildman–Crippen LogP) is 6.79. The minimum Gasteiger partial charge on any atom is -0.341 e. The van der Waals surface area contributed by atoms with Gasteiger partial charge in [0, 0.05) is 0 Å². The van der Waals surface area contributed by atoms with Crippen molar-refractivity contribution in [1.29, 1.82) is 0 Å². The zero-order valence-corrected chi connectivity index (χ0v) is 16.8. The summed E-state index contributed by atoms with van der Waals surface area (Å²) in [7, 11) is 0. The fraction of sp³-hybridized carbons (Fsp3) is 0.812. The molecule has 0 rings (SSSR count). The Morgan fingerprint density at radius 2 is 1.21 bits per heavy atom. The molecule has 126 valence electrons. The van der Waals surface area contributed by atoms with E-state index in [1.807, 2.05) is 33.8 Å². The van der Waals surface area contributed by atoms with Crippen molar-refractivity contribution in [1.82, 2.24) is 0 Å². The summed E-state index contributed by atoms with van der Waals surface area (Å²) >= 11 is 0. The summed E-state index contributed by atoms with van der Waals surface area (Å²) in [6.45, 7) is 24.0. The molecule has 0 aliphatic rings. The third-order valence-corrected chi connectivity index (χ3v) is 1.74. The molecular weight excluding hydrogens is 471 g/mol. The van der Waals surface area contributed by atoms with Crippen molar-refractivity contribution in [3.63, 3.8) is 0 Å². The molecule has 0 bridgehead atoms. The van der Waals surface area contributed by atoms with Crippen molar-refractivity contribution >= 4 is 0 Å². The summed E-state index contributed by atoms with van der Waals surface area (Å²) < 4.78 is 0. The minimum atomic E-state index is 0. The molecule has 0 aromatic rings. The van der Waals surface area contributed by atoms with Gasteiger partial charge in [0.2, 0.25) is 0 Å². The number of hydrogen-bond acceptors (Lipinski definition) is 2. The topological polar surface area (TPSA) is 40.5 Å². The Morgan fingerprint density at radius 3 is 1.21 bits per heavy atom. The molecule has 0 saturated heterocycles. The monoisotopic (exact) mass is 508 g/mol. The zero-order chi connectivity index (χ0) is 15.3. The van der Waals surface area contributed by atoms with E-state index in [0.29, 0.717) is 11.8 Å². The summed E-state index contributed by atoms with van der Waals surface area (Å²) in [5, 5.41) is 12.0. The Labute approximate surface area is 118 Å². The molecular formula is C16H41CmO2-. The van der Waals surface area contributed by atoms with E-state index in [1.54, 1.807) is 0 Å². The van der Waals surface area contributed by atoms with E-state index in [0.717, 1.165) is 0 Å². The van der Waals surface area contributed by atoms with Crippen LogP contribution in [0.25, 0.3) is 0 Å². The van der Waals surface area contributed by atoms with Crippen LogP contribution in [0.3, 0.4) is 0 Å². The second-order valence-electron chi connectivity index (χ2n) is 3.13. The van der Waals surface area contributed by atoms with Gasteiger partial charge < -0.3 is 6.92 Å². The second-order valence-corrected chi connectivity index (χ2v) is 3.13. The molecule has 0 aromatic heterocycles. The van der Waals surface area contributed by atoms with Crippen molar-refractivity contribution in [2.24, 2.45) is 11.8 Å². The predicted molar refractivity (Wildman–Crippen MR) is 89.1 cm³/mol. The minimum absolute atomic E-state index is 0. The molecule has 0 aromatic carbocycles. The summed E-state index contributed by atoms with van der Waals surface area (Å²) in [5.41, 5.74) is 0. The van der Waals surface area contributed by atoms with Gasteiger partial charge in [0.1, 0.15) is 0 Å². The van der Waals surface area contributed by atoms with E-state index in [9.17, 15) is 0 Å². The van der Waals surface area contributed by atoms with Gasteiger partial charge in [0.15, 0.2) is 0 Å². The zero-order valence-electron chi connectivity index (χ0n) is 13.8. The van der Waals surface area contributed by atoms with Crippen molar-refractivity contribution in [3.8, 4) is 0 Å². The molecule has 0 heterocycles. The molecule has 0 fully saturated rings. The van der Waals surface area contributed by atoms with Gasteiger partial charge in [-0.2, -0.15) is 5.92 Å². The van der Waals surface area contributed by atoms with Crippen LogP contribution in [0.5, 0.6) is 0 Å². The Bertz CT molecular complexity index is 86.8. The second kappa shape index (κ2) is 69.6. The van der Waals surface area contributed by atoms with Crippen LogP contribution >= 0.6 is 0 Å². The Hall–Kier alpha value is -1.34. The van der Waals surface area contributed by atoms with Crippen LogP contribution < -0.4 is 0 Å². The number of hydrogen-bond donors (Lipinski definition) is 2. The van der Waals surface area contributed by atoms with Crippen molar-refractivity contribution < 1.29 is 10.5 Å². The molecule has 0 saturated carbocycles. The van der Waals surface area contributed by atoms with Gasteiger partial charge in [-0.15, -0.1) is 6.58 Å². The van der Waals surface area contributed by atoms with E-state index < -0.39 is 0 Å². The van der Waals surface area contributed by atoms with E-state index in [-0.39, 0.29) is 7.43 Å². The summed E-state index contributed by atoms with van der Waals surface area (Å²) in [5.74, 6) is 1.33. The van der Waals surface area contributed by atoms with Crippen molar-refractivity contribution in [2.45, 2.75) is 75.7 Å². The van der Waals surface area contributed by atoms with Gasteiger partial charge in [-0.25, -0.2) is 0 Å². The van der Waals surface area contributed by atoms with E-state index >= 15 is 0 Å². The molecule has 19 heavy (non-hydrogen) atoms.